The van der Waals surface area contributed by atoms with Crippen LogP contribution in [0, 0.1) is 5.82 Å². The highest BCUT2D eigenvalue weighted by atomic mass is 79.9. The smallest absolute Gasteiger partial charge is 0.383 e. The molecule has 0 heterocycles. The van der Waals surface area contributed by atoms with E-state index in [9.17, 15) is 22.4 Å². The summed E-state index contributed by atoms with van der Waals surface area (Å²) in [6.07, 6.45) is -4.63. The first kappa shape index (κ1) is 17.9. The molecule has 0 aromatic heterocycles. The van der Waals surface area contributed by atoms with Gasteiger partial charge < -0.3 is 9.64 Å². The molecule has 8 heteroatoms. The van der Waals surface area contributed by atoms with Gasteiger partial charge in [-0.2, -0.15) is 13.2 Å². The van der Waals surface area contributed by atoms with Gasteiger partial charge in [0.25, 0.3) is 5.91 Å². The Balaban J connectivity index is 3.08. The van der Waals surface area contributed by atoms with Crippen molar-refractivity contribution in [3.63, 3.8) is 0 Å². The number of alkyl halides is 4. The van der Waals surface area contributed by atoms with Crippen LogP contribution in [0.2, 0.25) is 0 Å². The number of rotatable bonds is 6. The number of nitrogens with zero attached hydrogens (tertiary/aromatic N) is 1. The minimum atomic E-state index is -4.63. The number of carbonyl (C=O) groups is 1. The van der Waals surface area contributed by atoms with Crippen molar-refractivity contribution in [1.29, 1.82) is 0 Å². The van der Waals surface area contributed by atoms with Crippen LogP contribution in [0.3, 0.4) is 0 Å². The molecule has 0 saturated heterocycles. The molecule has 1 aromatic carbocycles. The number of carbonyl (C=O) groups excluding carboxylic acids is 1. The van der Waals surface area contributed by atoms with Crippen molar-refractivity contribution in [1.82, 2.24) is 4.90 Å². The van der Waals surface area contributed by atoms with Gasteiger partial charge in [-0.05, 0) is 18.2 Å². The highest BCUT2D eigenvalue weighted by Crippen LogP contribution is 2.30. The molecule has 1 aromatic rings. The summed E-state index contributed by atoms with van der Waals surface area (Å²) in [4.78, 5) is 13.4. The SMILES string of the molecule is COCCN(CCBr)C(=O)c1cc(C(F)(F)F)ccc1F. The van der Waals surface area contributed by atoms with Crippen molar-refractivity contribution in [2.24, 2.45) is 0 Å². The summed E-state index contributed by atoms with van der Waals surface area (Å²) < 4.78 is 56.4. The van der Waals surface area contributed by atoms with Crippen LogP contribution in [-0.4, -0.2) is 42.9 Å². The molecule has 21 heavy (non-hydrogen) atoms. The monoisotopic (exact) mass is 371 g/mol. The first-order chi connectivity index (χ1) is 9.81. The van der Waals surface area contributed by atoms with Gasteiger partial charge in [-0.1, -0.05) is 15.9 Å². The number of methoxy groups -OCH3 is 1. The van der Waals surface area contributed by atoms with E-state index in [2.05, 4.69) is 15.9 Å². The molecular formula is C13H14BrF4NO2. The minimum absolute atomic E-state index is 0.163. The maximum atomic E-state index is 13.7. The molecule has 3 nitrogen and oxygen atoms in total. The Morgan fingerprint density at radius 3 is 2.52 bits per heavy atom. The second-order valence-corrected chi connectivity index (χ2v) is 4.96. The molecular weight excluding hydrogens is 358 g/mol. The molecule has 0 spiro atoms. The average molecular weight is 372 g/mol. The average Bonchev–Trinajstić information content (AvgIpc) is 2.42. The Morgan fingerprint density at radius 2 is 2.00 bits per heavy atom. The molecule has 0 saturated carbocycles. The molecule has 1 rings (SSSR count). The highest BCUT2D eigenvalue weighted by Gasteiger charge is 2.32. The Morgan fingerprint density at radius 1 is 1.33 bits per heavy atom. The fraction of sp³-hybridized carbons (Fsp3) is 0.462. The molecule has 1 amide bonds. The molecule has 0 N–H and O–H groups in total. The third-order valence-corrected chi connectivity index (χ3v) is 3.09. The lowest BCUT2D eigenvalue weighted by Crippen LogP contribution is -2.36. The summed E-state index contributed by atoms with van der Waals surface area (Å²) in [5.74, 6) is -1.78. The summed E-state index contributed by atoms with van der Waals surface area (Å²) in [6, 6.07) is 1.79. The molecule has 118 valence electrons. The van der Waals surface area contributed by atoms with E-state index < -0.39 is 29.0 Å². The van der Waals surface area contributed by atoms with Gasteiger partial charge in [-0.25, -0.2) is 4.39 Å². The normalized spacial score (nSPS) is 11.5. The first-order valence-electron chi connectivity index (χ1n) is 6.02. The van der Waals surface area contributed by atoms with Crippen LogP contribution in [0.5, 0.6) is 0 Å². The molecule has 0 aliphatic rings. The van der Waals surface area contributed by atoms with Crippen LogP contribution in [0.1, 0.15) is 15.9 Å². The lowest BCUT2D eigenvalue weighted by molar-refractivity contribution is -0.137. The fourth-order valence-corrected chi connectivity index (χ4v) is 2.08. The van der Waals surface area contributed by atoms with E-state index in [1.165, 1.54) is 12.0 Å². The van der Waals surface area contributed by atoms with E-state index in [0.29, 0.717) is 23.5 Å². The van der Waals surface area contributed by atoms with Gasteiger partial charge in [0, 0.05) is 25.5 Å². The number of halogens is 5. The lowest BCUT2D eigenvalue weighted by atomic mass is 10.1. The first-order valence-corrected chi connectivity index (χ1v) is 7.14. The number of ether oxygens (including phenoxy) is 1. The quantitative estimate of drug-likeness (QED) is 0.567. The van der Waals surface area contributed by atoms with E-state index in [1.807, 2.05) is 0 Å². The molecule has 0 bridgehead atoms. The number of hydrogen-bond donors (Lipinski definition) is 0. The third-order valence-electron chi connectivity index (χ3n) is 2.73. The van der Waals surface area contributed by atoms with Crippen molar-refractivity contribution in [3.05, 3.63) is 35.1 Å². The van der Waals surface area contributed by atoms with Crippen molar-refractivity contribution >= 4 is 21.8 Å². The van der Waals surface area contributed by atoms with Gasteiger partial charge in [-0.15, -0.1) is 0 Å². The zero-order chi connectivity index (χ0) is 16.0. The third kappa shape index (κ3) is 4.96. The van der Waals surface area contributed by atoms with E-state index in [4.69, 9.17) is 4.74 Å². The van der Waals surface area contributed by atoms with Gasteiger partial charge in [0.05, 0.1) is 17.7 Å². The zero-order valence-electron chi connectivity index (χ0n) is 11.2. The van der Waals surface area contributed by atoms with Crippen molar-refractivity contribution in [2.45, 2.75) is 6.18 Å². The Hall–Kier alpha value is -1.15. The van der Waals surface area contributed by atoms with E-state index in [-0.39, 0.29) is 19.7 Å². The lowest BCUT2D eigenvalue weighted by Gasteiger charge is -2.22. The van der Waals surface area contributed by atoms with Crippen molar-refractivity contribution in [3.8, 4) is 0 Å². The summed E-state index contributed by atoms with van der Waals surface area (Å²) >= 11 is 3.14. The summed E-state index contributed by atoms with van der Waals surface area (Å²) in [5.41, 5.74) is -1.65. The van der Waals surface area contributed by atoms with Gasteiger partial charge in [0.15, 0.2) is 0 Å². The van der Waals surface area contributed by atoms with Gasteiger partial charge in [-0.3, -0.25) is 4.79 Å². The zero-order valence-corrected chi connectivity index (χ0v) is 12.8. The van der Waals surface area contributed by atoms with E-state index in [1.54, 1.807) is 0 Å². The number of benzene rings is 1. The highest BCUT2D eigenvalue weighted by molar-refractivity contribution is 9.09. The molecule has 0 atom stereocenters. The fourth-order valence-electron chi connectivity index (χ4n) is 1.65. The maximum Gasteiger partial charge on any atom is 0.416 e. The van der Waals surface area contributed by atoms with Crippen molar-refractivity contribution < 1.29 is 27.1 Å². The molecule has 0 aliphatic carbocycles. The minimum Gasteiger partial charge on any atom is -0.383 e. The summed E-state index contributed by atoms with van der Waals surface area (Å²) in [6.45, 7) is 0.605. The van der Waals surface area contributed by atoms with Crippen LogP contribution in [0.15, 0.2) is 18.2 Å². The van der Waals surface area contributed by atoms with E-state index >= 15 is 0 Å². The molecule has 0 radical (unpaired) electrons. The second-order valence-electron chi connectivity index (χ2n) is 4.17. The summed E-state index contributed by atoms with van der Waals surface area (Å²) in [5, 5.41) is 0.420. The second kappa shape index (κ2) is 7.74. The molecule has 0 fully saturated rings. The Kier molecular flexibility index (Phi) is 6.60. The van der Waals surface area contributed by atoms with E-state index in [0.717, 1.165) is 0 Å². The largest absolute Gasteiger partial charge is 0.416 e. The van der Waals surface area contributed by atoms with Gasteiger partial charge in [0.1, 0.15) is 5.82 Å². The number of hydrogen-bond acceptors (Lipinski definition) is 2. The van der Waals surface area contributed by atoms with Crippen LogP contribution in [-0.2, 0) is 10.9 Å². The molecule has 0 unspecified atom stereocenters. The van der Waals surface area contributed by atoms with Crippen LogP contribution >= 0.6 is 15.9 Å². The van der Waals surface area contributed by atoms with Crippen LogP contribution in [0.25, 0.3) is 0 Å². The predicted octanol–water partition coefficient (Wildman–Crippen LogP) is 3.33. The van der Waals surface area contributed by atoms with Gasteiger partial charge in [0.2, 0.25) is 0 Å². The Bertz CT molecular complexity index is 494. The van der Waals surface area contributed by atoms with Crippen LogP contribution in [0.4, 0.5) is 17.6 Å². The van der Waals surface area contributed by atoms with Gasteiger partial charge >= 0.3 is 6.18 Å². The Labute approximate surface area is 128 Å². The standard InChI is InChI=1S/C13H14BrF4NO2/c1-21-7-6-19(5-4-14)12(20)10-8-9(13(16,17)18)2-3-11(10)15/h2-3,8H,4-7H2,1H3. The van der Waals surface area contributed by atoms with Crippen molar-refractivity contribution in [2.75, 3.05) is 32.1 Å². The topological polar surface area (TPSA) is 29.5 Å². The number of amides is 1. The predicted molar refractivity (Wildman–Crippen MR) is 73.0 cm³/mol. The summed E-state index contributed by atoms with van der Waals surface area (Å²) in [7, 11) is 1.43. The van der Waals surface area contributed by atoms with Crippen LogP contribution < -0.4 is 0 Å². The maximum absolute atomic E-state index is 13.7. The molecule has 0 aliphatic heterocycles.